The van der Waals surface area contributed by atoms with Crippen molar-refractivity contribution in [1.82, 2.24) is 4.90 Å². The van der Waals surface area contributed by atoms with E-state index in [-0.39, 0.29) is 5.84 Å². The molecular formula is C14H21ClN4. The third kappa shape index (κ3) is 3.61. The lowest BCUT2D eigenvalue weighted by Crippen LogP contribution is -2.50. The number of rotatable bonds is 4. The van der Waals surface area contributed by atoms with Gasteiger partial charge in [-0.1, -0.05) is 23.7 Å². The zero-order chi connectivity index (χ0) is 13.8. The summed E-state index contributed by atoms with van der Waals surface area (Å²) in [7, 11) is 0. The van der Waals surface area contributed by atoms with Crippen LogP contribution in [0.5, 0.6) is 0 Å². The Morgan fingerprint density at radius 2 is 1.95 bits per heavy atom. The van der Waals surface area contributed by atoms with Gasteiger partial charge in [0.05, 0.1) is 16.5 Å². The second-order valence-corrected chi connectivity index (χ2v) is 5.46. The Bertz CT molecular complexity index is 441. The molecule has 3 N–H and O–H groups in total. The van der Waals surface area contributed by atoms with Gasteiger partial charge in [-0.2, -0.15) is 0 Å². The number of nitrogens with one attached hydrogen (secondary N) is 1. The second-order valence-electron chi connectivity index (χ2n) is 5.05. The number of anilines is 1. The van der Waals surface area contributed by atoms with Crippen LogP contribution in [-0.4, -0.2) is 43.0 Å². The molecule has 1 unspecified atom stereocenters. The van der Waals surface area contributed by atoms with Gasteiger partial charge < -0.3 is 10.6 Å². The molecule has 1 aromatic carbocycles. The highest BCUT2D eigenvalue weighted by atomic mass is 35.5. The van der Waals surface area contributed by atoms with E-state index in [4.69, 9.17) is 22.7 Å². The largest absolute Gasteiger partial charge is 0.388 e. The van der Waals surface area contributed by atoms with Crippen LogP contribution in [-0.2, 0) is 0 Å². The van der Waals surface area contributed by atoms with Crippen LogP contribution < -0.4 is 10.6 Å². The maximum Gasteiger partial charge on any atom is 0.0920 e. The Kier molecular flexibility index (Phi) is 4.66. The Labute approximate surface area is 119 Å². The molecule has 0 bridgehead atoms. The van der Waals surface area contributed by atoms with Gasteiger partial charge in [0.1, 0.15) is 0 Å². The molecule has 0 aliphatic carbocycles. The number of nitrogens with zero attached hydrogens (tertiary/aromatic N) is 2. The molecule has 0 radical (unpaired) electrons. The highest BCUT2D eigenvalue weighted by Crippen LogP contribution is 2.26. The quantitative estimate of drug-likeness (QED) is 0.656. The van der Waals surface area contributed by atoms with Gasteiger partial charge in [-0.3, -0.25) is 10.3 Å². The average Bonchev–Trinajstić information content (AvgIpc) is 2.39. The van der Waals surface area contributed by atoms with Gasteiger partial charge in [0.2, 0.25) is 0 Å². The van der Waals surface area contributed by atoms with Crippen molar-refractivity contribution in [3.63, 3.8) is 0 Å². The summed E-state index contributed by atoms with van der Waals surface area (Å²) in [5, 5.41) is 8.18. The Balaban J connectivity index is 1.92. The molecule has 0 amide bonds. The molecule has 104 valence electrons. The fourth-order valence-corrected chi connectivity index (χ4v) is 2.81. The molecule has 1 aromatic rings. The lowest BCUT2D eigenvalue weighted by atomic mass is 10.1. The minimum atomic E-state index is 0.265. The van der Waals surface area contributed by atoms with Crippen LogP contribution in [0.4, 0.5) is 5.69 Å². The number of hydrogen-bond acceptors (Lipinski definition) is 3. The van der Waals surface area contributed by atoms with E-state index in [0.717, 1.165) is 36.9 Å². The first-order valence-corrected chi connectivity index (χ1v) is 7.02. The third-order valence-electron chi connectivity index (χ3n) is 3.65. The molecular weight excluding hydrogens is 260 g/mol. The predicted molar refractivity (Wildman–Crippen MR) is 81.2 cm³/mol. The Morgan fingerprint density at radius 1 is 1.32 bits per heavy atom. The summed E-state index contributed by atoms with van der Waals surface area (Å²) < 4.78 is 0. The van der Waals surface area contributed by atoms with E-state index in [0.29, 0.717) is 12.5 Å². The summed E-state index contributed by atoms with van der Waals surface area (Å²) in [6.45, 7) is 6.03. The van der Waals surface area contributed by atoms with E-state index in [1.54, 1.807) is 0 Å². The number of piperazine rings is 1. The van der Waals surface area contributed by atoms with Crippen molar-refractivity contribution in [3.8, 4) is 0 Å². The number of para-hydroxylation sites is 1. The maximum atomic E-state index is 7.37. The molecule has 19 heavy (non-hydrogen) atoms. The number of nitrogens with two attached hydrogens (primary N) is 1. The molecule has 0 aromatic heterocycles. The molecule has 1 aliphatic heterocycles. The average molecular weight is 281 g/mol. The molecule has 1 saturated heterocycles. The van der Waals surface area contributed by atoms with Crippen LogP contribution in [0.1, 0.15) is 13.3 Å². The first kappa shape index (κ1) is 14.2. The number of benzene rings is 1. The van der Waals surface area contributed by atoms with Crippen LogP contribution >= 0.6 is 11.6 Å². The van der Waals surface area contributed by atoms with Crippen molar-refractivity contribution < 1.29 is 0 Å². The van der Waals surface area contributed by atoms with E-state index < -0.39 is 0 Å². The first-order chi connectivity index (χ1) is 9.08. The van der Waals surface area contributed by atoms with E-state index >= 15 is 0 Å². The Morgan fingerprint density at radius 3 is 2.53 bits per heavy atom. The predicted octanol–water partition coefficient (Wildman–Crippen LogP) is 2.18. The lowest BCUT2D eigenvalue weighted by Gasteiger charge is -2.39. The fourth-order valence-electron chi connectivity index (χ4n) is 2.56. The van der Waals surface area contributed by atoms with Gasteiger partial charge in [0, 0.05) is 38.6 Å². The monoisotopic (exact) mass is 280 g/mol. The lowest BCUT2D eigenvalue weighted by molar-refractivity contribution is 0.201. The minimum absolute atomic E-state index is 0.265. The molecule has 1 fully saturated rings. The van der Waals surface area contributed by atoms with Gasteiger partial charge in [-0.25, -0.2) is 0 Å². The van der Waals surface area contributed by atoms with Crippen LogP contribution in [0, 0.1) is 5.41 Å². The summed E-state index contributed by atoms with van der Waals surface area (Å²) in [5.74, 6) is 0.265. The van der Waals surface area contributed by atoms with Gasteiger partial charge >= 0.3 is 0 Å². The van der Waals surface area contributed by atoms with E-state index in [1.807, 2.05) is 18.2 Å². The topological polar surface area (TPSA) is 56.4 Å². The molecule has 5 heteroatoms. The maximum absolute atomic E-state index is 7.37. The molecule has 1 aliphatic rings. The fraction of sp³-hybridized carbons (Fsp3) is 0.500. The molecule has 0 spiro atoms. The normalized spacial score (nSPS) is 18.3. The SMILES string of the molecule is CC(CC(=N)N)N1CCN(c2ccccc2Cl)CC1. The van der Waals surface area contributed by atoms with E-state index in [1.165, 1.54) is 0 Å². The number of amidine groups is 1. The van der Waals surface area contributed by atoms with E-state index in [2.05, 4.69) is 22.8 Å². The van der Waals surface area contributed by atoms with Crippen molar-refractivity contribution in [2.24, 2.45) is 5.73 Å². The van der Waals surface area contributed by atoms with Crippen molar-refractivity contribution in [1.29, 1.82) is 5.41 Å². The zero-order valence-electron chi connectivity index (χ0n) is 11.3. The summed E-state index contributed by atoms with van der Waals surface area (Å²) in [5.41, 5.74) is 6.58. The van der Waals surface area contributed by atoms with Crippen LogP contribution in [0.15, 0.2) is 24.3 Å². The second kappa shape index (κ2) is 6.26. The van der Waals surface area contributed by atoms with Crippen molar-refractivity contribution in [2.75, 3.05) is 31.1 Å². The number of hydrogen-bond donors (Lipinski definition) is 2. The molecule has 1 atom stereocenters. The van der Waals surface area contributed by atoms with Gasteiger partial charge in [0.25, 0.3) is 0 Å². The Hall–Kier alpha value is -1.26. The van der Waals surface area contributed by atoms with Crippen LogP contribution in [0.25, 0.3) is 0 Å². The molecule has 0 saturated carbocycles. The van der Waals surface area contributed by atoms with Crippen molar-refractivity contribution >= 4 is 23.1 Å². The smallest absolute Gasteiger partial charge is 0.0920 e. The van der Waals surface area contributed by atoms with Gasteiger partial charge in [0.15, 0.2) is 0 Å². The summed E-state index contributed by atoms with van der Waals surface area (Å²) in [6.07, 6.45) is 0.645. The van der Waals surface area contributed by atoms with Gasteiger partial charge in [-0.15, -0.1) is 0 Å². The molecule has 1 heterocycles. The highest BCUT2D eigenvalue weighted by molar-refractivity contribution is 6.33. The zero-order valence-corrected chi connectivity index (χ0v) is 12.0. The summed E-state index contributed by atoms with van der Waals surface area (Å²) in [4.78, 5) is 4.70. The third-order valence-corrected chi connectivity index (χ3v) is 3.97. The number of halogens is 1. The van der Waals surface area contributed by atoms with Crippen molar-refractivity contribution in [3.05, 3.63) is 29.3 Å². The summed E-state index contributed by atoms with van der Waals surface area (Å²) in [6, 6.07) is 8.31. The van der Waals surface area contributed by atoms with Crippen molar-refractivity contribution in [2.45, 2.75) is 19.4 Å². The van der Waals surface area contributed by atoms with Gasteiger partial charge in [-0.05, 0) is 19.1 Å². The minimum Gasteiger partial charge on any atom is -0.388 e. The summed E-state index contributed by atoms with van der Waals surface area (Å²) >= 11 is 6.23. The van der Waals surface area contributed by atoms with Crippen LogP contribution in [0.3, 0.4) is 0 Å². The highest BCUT2D eigenvalue weighted by Gasteiger charge is 2.22. The molecule has 4 nitrogen and oxygen atoms in total. The standard InChI is InChI=1S/C14H21ClN4/c1-11(10-14(16)17)18-6-8-19(9-7-18)13-5-3-2-4-12(13)15/h2-5,11H,6-10H2,1H3,(H3,16,17). The molecule has 2 rings (SSSR count). The first-order valence-electron chi connectivity index (χ1n) is 6.64. The van der Waals surface area contributed by atoms with Crippen LogP contribution in [0.2, 0.25) is 5.02 Å². The van der Waals surface area contributed by atoms with E-state index in [9.17, 15) is 0 Å².